The summed E-state index contributed by atoms with van der Waals surface area (Å²) in [5.74, 6) is -0.647. The maximum atomic E-state index is 11.6. The molecule has 0 aromatic rings. The van der Waals surface area contributed by atoms with E-state index in [4.69, 9.17) is 0 Å². The lowest BCUT2D eigenvalue weighted by Crippen LogP contribution is -2.51. The number of hydrazine groups is 1. The van der Waals surface area contributed by atoms with Crippen LogP contribution in [0.15, 0.2) is 0 Å². The van der Waals surface area contributed by atoms with Crippen molar-refractivity contribution in [3.8, 4) is 0 Å². The highest BCUT2D eigenvalue weighted by Crippen LogP contribution is 2.13. The number of amides is 3. The maximum absolute atomic E-state index is 11.6. The molecule has 0 radical (unpaired) electrons. The summed E-state index contributed by atoms with van der Waals surface area (Å²) < 4.78 is 0. The summed E-state index contributed by atoms with van der Waals surface area (Å²) in [4.78, 5) is 34.6. The van der Waals surface area contributed by atoms with Crippen LogP contribution in [0.2, 0.25) is 0 Å². The topological polar surface area (TPSA) is 69.7 Å². The van der Waals surface area contributed by atoms with Gasteiger partial charge in [-0.1, -0.05) is 0 Å². The molecule has 0 aromatic heterocycles. The minimum Gasteiger partial charge on any atom is -0.352 e. The van der Waals surface area contributed by atoms with E-state index >= 15 is 0 Å². The lowest BCUT2D eigenvalue weighted by Gasteiger charge is -2.30. The molecule has 0 aromatic carbocycles. The van der Waals surface area contributed by atoms with E-state index in [-0.39, 0.29) is 30.3 Å². The molecule has 6 nitrogen and oxygen atoms in total. The van der Waals surface area contributed by atoms with Crippen LogP contribution in [0.5, 0.6) is 0 Å². The van der Waals surface area contributed by atoms with Crippen molar-refractivity contribution in [3.05, 3.63) is 0 Å². The molecule has 1 rings (SSSR count). The Labute approximate surface area is 101 Å². The SMILES string of the molecule is CC(=O)N(CC(=O)NC(C)C)N1CCCC1=O. The van der Waals surface area contributed by atoms with Crippen LogP contribution in [0, 0.1) is 0 Å². The molecule has 3 amide bonds. The summed E-state index contributed by atoms with van der Waals surface area (Å²) in [5.41, 5.74) is 0. The molecular weight excluding hydrogens is 222 g/mol. The van der Waals surface area contributed by atoms with Crippen molar-refractivity contribution in [1.82, 2.24) is 15.3 Å². The fourth-order valence-electron chi connectivity index (χ4n) is 1.76. The second-order valence-corrected chi connectivity index (χ2v) is 4.42. The average molecular weight is 241 g/mol. The van der Waals surface area contributed by atoms with Gasteiger partial charge in [-0.05, 0) is 20.3 Å². The molecule has 17 heavy (non-hydrogen) atoms. The predicted molar refractivity (Wildman–Crippen MR) is 61.6 cm³/mol. The van der Waals surface area contributed by atoms with Gasteiger partial charge >= 0.3 is 0 Å². The summed E-state index contributed by atoms with van der Waals surface area (Å²) in [6, 6.07) is 0.0191. The molecule has 1 N–H and O–H groups in total. The van der Waals surface area contributed by atoms with Gasteiger partial charge < -0.3 is 5.32 Å². The number of rotatable bonds is 4. The van der Waals surface area contributed by atoms with E-state index in [2.05, 4.69) is 5.32 Å². The van der Waals surface area contributed by atoms with Crippen LogP contribution < -0.4 is 5.32 Å². The summed E-state index contributed by atoms with van der Waals surface area (Å²) in [6.45, 7) is 5.45. The normalized spacial score (nSPS) is 15.3. The quantitative estimate of drug-likeness (QED) is 0.747. The Morgan fingerprint density at radius 1 is 1.47 bits per heavy atom. The van der Waals surface area contributed by atoms with Crippen LogP contribution in [0.3, 0.4) is 0 Å². The molecule has 1 heterocycles. The Morgan fingerprint density at radius 2 is 2.12 bits per heavy atom. The molecule has 0 saturated carbocycles. The minimum absolute atomic E-state index is 0.0191. The highest BCUT2D eigenvalue weighted by molar-refractivity contribution is 5.87. The zero-order valence-corrected chi connectivity index (χ0v) is 10.5. The number of nitrogens with zero attached hydrogens (tertiary/aromatic N) is 2. The Balaban J connectivity index is 2.63. The highest BCUT2D eigenvalue weighted by Gasteiger charge is 2.29. The number of carbonyl (C=O) groups excluding carboxylic acids is 3. The van der Waals surface area contributed by atoms with Gasteiger partial charge in [0.05, 0.1) is 0 Å². The Kier molecular flexibility index (Phi) is 4.48. The van der Waals surface area contributed by atoms with Gasteiger partial charge in [-0.3, -0.25) is 19.4 Å². The molecule has 0 bridgehead atoms. The first-order valence-electron chi connectivity index (χ1n) is 5.79. The largest absolute Gasteiger partial charge is 0.352 e. The second-order valence-electron chi connectivity index (χ2n) is 4.42. The highest BCUT2D eigenvalue weighted by atomic mass is 16.2. The zero-order chi connectivity index (χ0) is 13.0. The molecule has 6 heteroatoms. The number of hydrogen-bond donors (Lipinski definition) is 1. The van der Waals surface area contributed by atoms with Crippen LogP contribution in [-0.2, 0) is 14.4 Å². The second kappa shape index (κ2) is 5.65. The third-order valence-electron chi connectivity index (χ3n) is 2.45. The fraction of sp³-hybridized carbons (Fsp3) is 0.727. The summed E-state index contributed by atoms with van der Waals surface area (Å²) in [5, 5.41) is 5.27. The van der Waals surface area contributed by atoms with Gasteiger partial charge in [0.15, 0.2) is 0 Å². The van der Waals surface area contributed by atoms with E-state index in [0.29, 0.717) is 13.0 Å². The van der Waals surface area contributed by atoms with Gasteiger partial charge in [-0.25, -0.2) is 5.01 Å². The van der Waals surface area contributed by atoms with E-state index in [1.54, 1.807) is 0 Å². The van der Waals surface area contributed by atoms with E-state index in [9.17, 15) is 14.4 Å². The van der Waals surface area contributed by atoms with Crippen LogP contribution in [-0.4, -0.2) is 46.9 Å². The van der Waals surface area contributed by atoms with Gasteiger partial charge in [-0.2, -0.15) is 0 Å². The molecule has 1 aliphatic heterocycles. The molecule has 1 aliphatic rings. The van der Waals surface area contributed by atoms with Gasteiger partial charge in [0.1, 0.15) is 6.54 Å². The van der Waals surface area contributed by atoms with Crippen molar-refractivity contribution in [2.24, 2.45) is 0 Å². The van der Waals surface area contributed by atoms with Gasteiger partial charge in [0.25, 0.3) is 0 Å². The standard InChI is InChI=1S/C11H19N3O3/c1-8(2)12-10(16)7-14(9(3)15)13-6-4-5-11(13)17/h8H,4-7H2,1-3H3,(H,12,16). The van der Waals surface area contributed by atoms with Crippen molar-refractivity contribution < 1.29 is 14.4 Å². The molecular formula is C11H19N3O3. The molecule has 0 aliphatic carbocycles. The number of nitrogens with one attached hydrogen (secondary N) is 1. The van der Waals surface area contributed by atoms with Crippen molar-refractivity contribution >= 4 is 17.7 Å². The van der Waals surface area contributed by atoms with Gasteiger partial charge in [0.2, 0.25) is 17.7 Å². The molecule has 1 saturated heterocycles. The third kappa shape index (κ3) is 3.72. The van der Waals surface area contributed by atoms with E-state index in [0.717, 1.165) is 6.42 Å². The summed E-state index contributed by atoms with van der Waals surface area (Å²) in [7, 11) is 0. The smallest absolute Gasteiger partial charge is 0.241 e. The predicted octanol–water partition coefficient (Wildman–Crippen LogP) is -0.103. The van der Waals surface area contributed by atoms with Crippen LogP contribution >= 0.6 is 0 Å². The number of hydrogen-bond acceptors (Lipinski definition) is 3. The first-order valence-corrected chi connectivity index (χ1v) is 5.79. The first kappa shape index (κ1) is 13.5. The fourth-order valence-corrected chi connectivity index (χ4v) is 1.76. The average Bonchev–Trinajstić information content (AvgIpc) is 2.59. The van der Waals surface area contributed by atoms with Gasteiger partial charge in [-0.15, -0.1) is 0 Å². The Bertz CT molecular complexity index is 328. The molecule has 0 unspecified atom stereocenters. The van der Waals surface area contributed by atoms with Crippen LogP contribution in [0.1, 0.15) is 33.6 Å². The van der Waals surface area contributed by atoms with Crippen molar-refractivity contribution in [1.29, 1.82) is 0 Å². The van der Waals surface area contributed by atoms with Crippen molar-refractivity contribution in [2.75, 3.05) is 13.1 Å². The van der Waals surface area contributed by atoms with E-state index in [1.807, 2.05) is 13.8 Å². The van der Waals surface area contributed by atoms with Crippen molar-refractivity contribution in [3.63, 3.8) is 0 Å². The lowest BCUT2D eigenvalue weighted by atomic mass is 10.4. The number of carbonyl (C=O) groups is 3. The summed E-state index contributed by atoms with van der Waals surface area (Å²) in [6.07, 6.45) is 1.17. The Hall–Kier alpha value is -1.59. The minimum atomic E-state index is -0.292. The molecule has 1 fully saturated rings. The lowest BCUT2D eigenvalue weighted by molar-refractivity contribution is -0.160. The van der Waals surface area contributed by atoms with E-state index < -0.39 is 0 Å². The Morgan fingerprint density at radius 3 is 2.53 bits per heavy atom. The monoisotopic (exact) mass is 241 g/mol. The molecule has 96 valence electrons. The van der Waals surface area contributed by atoms with E-state index in [1.165, 1.54) is 16.9 Å². The van der Waals surface area contributed by atoms with Crippen LogP contribution in [0.25, 0.3) is 0 Å². The van der Waals surface area contributed by atoms with Crippen molar-refractivity contribution in [2.45, 2.75) is 39.7 Å². The summed E-state index contributed by atoms with van der Waals surface area (Å²) >= 11 is 0. The zero-order valence-electron chi connectivity index (χ0n) is 10.5. The van der Waals surface area contributed by atoms with Crippen LogP contribution in [0.4, 0.5) is 0 Å². The maximum Gasteiger partial charge on any atom is 0.241 e. The van der Waals surface area contributed by atoms with Gasteiger partial charge in [0, 0.05) is 25.9 Å². The molecule has 0 spiro atoms. The molecule has 0 atom stereocenters. The first-order chi connectivity index (χ1) is 7.91. The third-order valence-corrected chi connectivity index (χ3v) is 2.45.